The Kier molecular flexibility index (Phi) is 4.78. The third-order valence-electron chi connectivity index (χ3n) is 5.51. The minimum Gasteiger partial charge on any atom is -0.353 e. The molecule has 1 aromatic heterocycles. The predicted molar refractivity (Wildman–Crippen MR) is 92.1 cm³/mol. The lowest BCUT2D eigenvalue weighted by Crippen LogP contribution is -2.48. The number of rotatable bonds is 5. The van der Waals surface area contributed by atoms with E-state index in [0.29, 0.717) is 5.91 Å². The van der Waals surface area contributed by atoms with E-state index in [1.807, 2.05) is 0 Å². The number of aryl methyl sites for hydroxylation is 1. The Bertz CT molecular complexity index is 553. The molecule has 1 atom stereocenters. The number of hydrogen-bond acceptors (Lipinski definition) is 3. The largest absolute Gasteiger partial charge is 0.353 e. The zero-order valence-electron chi connectivity index (χ0n) is 14.8. The van der Waals surface area contributed by atoms with Gasteiger partial charge in [-0.1, -0.05) is 0 Å². The molecule has 128 valence electrons. The molecule has 0 aromatic carbocycles. The maximum absolute atomic E-state index is 13.0. The molecule has 0 saturated carbocycles. The number of aromatic nitrogens is 1. The van der Waals surface area contributed by atoms with Gasteiger partial charge >= 0.3 is 0 Å². The van der Waals surface area contributed by atoms with Crippen molar-refractivity contribution < 1.29 is 4.79 Å². The number of hydrogen-bond donors (Lipinski definition) is 0. The van der Waals surface area contributed by atoms with Gasteiger partial charge in [-0.3, -0.25) is 9.69 Å². The van der Waals surface area contributed by atoms with Crippen molar-refractivity contribution in [2.24, 2.45) is 12.5 Å². The summed E-state index contributed by atoms with van der Waals surface area (Å²) in [6.45, 7) is 5.74. The van der Waals surface area contributed by atoms with E-state index in [-0.39, 0.29) is 5.41 Å². The lowest BCUT2D eigenvalue weighted by atomic mass is 9.78. The van der Waals surface area contributed by atoms with Crippen LogP contribution in [0.25, 0.3) is 0 Å². The second kappa shape index (κ2) is 6.65. The van der Waals surface area contributed by atoms with Crippen molar-refractivity contribution in [2.45, 2.75) is 25.8 Å². The number of piperidine rings is 1. The van der Waals surface area contributed by atoms with E-state index >= 15 is 0 Å². The highest BCUT2D eigenvalue weighted by atomic mass is 16.2. The molecular formula is C18H30N4O. The number of amides is 1. The van der Waals surface area contributed by atoms with Crippen molar-refractivity contribution >= 4 is 5.91 Å². The predicted octanol–water partition coefficient (Wildman–Crippen LogP) is 1.40. The van der Waals surface area contributed by atoms with E-state index in [9.17, 15) is 4.79 Å². The van der Waals surface area contributed by atoms with Gasteiger partial charge in [-0.25, -0.2) is 0 Å². The standard InChI is InChI=1S/C18H30N4O/c1-19(2)12-13-22-11-8-18(17(22)23)7-5-10-21(15-18)14-16-6-4-9-20(16)3/h4,6,9H,5,7-8,10-15H2,1-3H3. The highest BCUT2D eigenvalue weighted by Crippen LogP contribution is 2.40. The normalized spacial score (nSPS) is 25.9. The maximum Gasteiger partial charge on any atom is 0.230 e. The highest BCUT2D eigenvalue weighted by molar-refractivity contribution is 5.85. The van der Waals surface area contributed by atoms with E-state index in [1.54, 1.807) is 0 Å². The van der Waals surface area contributed by atoms with Crippen LogP contribution in [0.1, 0.15) is 25.0 Å². The van der Waals surface area contributed by atoms with Crippen molar-refractivity contribution in [1.29, 1.82) is 0 Å². The summed E-state index contributed by atoms with van der Waals surface area (Å²) >= 11 is 0. The fourth-order valence-corrected chi connectivity index (χ4v) is 4.06. The molecule has 3 rings (SSSR count). The van der Waals surface area contributed by atoms with Crippen LogP contribution in [0.3, 0.4) is 0 Å². The number of carbonyl (C=O) groups excluding carboxylic acids is 1. The minimum absolute atomic E-state index is 0.115. The fraction of sp³-hybridized carbons (Fsp3) is 0.722. The first-order valence-corrected chi connectivity index (χ1v) is 8.77. The third kappa shape index (κ3) is 3.45. The Balaban J connectivity index is 1.63. The van der Waals surface area contributed by atoms with Gasteiger partial charge < -0.3 is 14.4 Å². The van der Waals surface area contributed by atoms with Crippen LogP contribution in [0.15, 0.2) is 18.3 Å². The van der Waals surface area contributed by atoms with E-state index in [2.05, 4.69) is 58.7 Å². The fourth-order valence-electron chi connectivity index (χ4n) is 4.06. The first-order chi connectivity index (χ1) is 11.0. The summed E-state index contributed by atoms with van der Waals surface area (Å²) in [5, 5.41) is 0. The Hall–Kier alpha value is -1.33. The molecule has 1 spiro atoms. The van der Waals surface area contributed by atoms with E-state index < -0.39 is 0 Å². The first kappa shape index (κ1) is 16.5. The van der Waals surface area contributed by atoms with Crippen LogP contribution in [0.5, 0.6) is 0 Å². The average Bonchev–Trinajstić information content (AvgIpc) is 3.04. The lowest BCUT2D eigenvalue weighted by molar-refractivity contribution is -0.139. The zero-order chi connectivity index (χ0) is 16.4. The molecule has 5 heteroatoms. The van der Waals surface area contributed by atoms with Gasteiger partial charge in [0.05, 0.1) is 5.41 Å². The molecule has 1 aromatic rings. The second-order valence-electron chi connectivity index (χ2n) is 7.55. The Morgan fingerprint density at radius 3 is 2.78 bits per heavy atom. The third-order valence-corrected chi connectivity index (χ3v) is 5.51. The van der Waals surface area contributed by atoms with Crippen LogP contribution >= 0.6 is 0 Å². The van der Waals surface area contributed by atoms with Crippen molar-refractivity contribution in [1.82, 2.24) is 19.3 Å². The van der Waals surface area contributed by atoms with Gasteiger partial charge in [-0.15, -0.1) is 0 Å². The summed E-state index contributed by atoms with van der Waals surface area (Å²) in [6.07, 6.45) is 5.33. The van der Waals surface area contributed by atoms with Gasteiger partial charge in [0.2, 0.25) is 5.91 Å². The van der Waals surface area contributed by atoms with Crippen LogP contribution in [-0.2, 0) is 18.4 Å². The average molecular weight is 318 g/mol. The van der Waals surface area contributed by atoms with E-state index in [4.69, 9.17) is 0 Å². The summed E-state index contributed by atoms with van der Waals surface area (Å²) in [5.74, 6) is 0.399. The van der Waals surface area contributed by atoms with Crippen LogP contribution in [-0.4, -0.2) is 72.0 Å². The molecule has 0 N–H and O–H groups in total. The zero-order valence-corrected chi connectivity index (χ0v) is 14.8. The molecule has 2 aliphatic heterocycles. The summed E-state index contributed by atoms with van der Waals surface area (Å²) in [4.78, 5) is 19.7. The molecule has 2 fully saturated rings. The summed E-state index contributed by atoms with van der Waals surface area (Å²) < 4.78 is 2.18. The van der Waals surface area contributed by atoms with Crippen LogP contribution in [0.2, 0.25) is 0 Å². The lowest BCUT2D eigenvalue weighted by Gasteiger charge is -2.39. The molecule has 0 bridgehead atoms. The van der Waals surface area contributed by atoms with Gasteiger partial charge in [0.1, 0.15) is 0 Å². The van der Waals surface area contributed by atoms with E-state index in [0.717, 1.165) is 58.5 Å². The van der Waals surface area contributed by atoms with Gasteiger partial charge in [0, 0.05) is 51.7 Å². The van der Waals surface area contributed by atoms with Crippen LogP contribution < -0.4 is 0 Å². The summed E-state index contributed by atoms with van der Waals surface area (Å²) in [7, 11) is 6.23. The molecule has 23 heavy (non-hydrogen) atoms. The van der Waals surface area contributed by atoms with E-state index in [1.165, 1.54) is 5.69 Å². The molecule has 1 amide bonds. The van der Waals surface area contributed by atoms with Crippen molar-refractivity contribution in [3.05, 3.63) is 24.0 Å². The van der Waals surface area contributed by atoms with Crippen molar-refractivity contribution in [3.63, 3.8) is 0 Å². The minimum atomic E-state index is -0.115. The first-order valence-electron chi connectivity index (χ1n) is 8.77. The summed E-state index contributed by atoms with van der Waals surface area (Å²) in [5.41, 5.74) is 1.22. The Morgan fingerprint density at radius 1 is 1.26 bits per heavy atom. The van der Waals surface area contributed by atoms with Crippen LogP contribution in [0.4, 0.5) is 0 Å². The molecule has 0 aliphatic carbocycles. The highest BCUT2D eigenvalue weighted by Gasteiger charge is 2.48. The maximum atomic E-state index is 13.0. The molecule has 5 nitrogen and oxygen atoms in total. The molecule has 3 heterocycles. The van der Waals surface area contributed by atoms with Crippen molar-refractivity contribution in [3.8, 4) is 0 Å². The van der Waals surface area contributed by atoms with Gasteiger partial charge in [0.25, 0.3) is 0 Å². The molecular weight excluding hydrogens is 288 g/mol. The monoisotopic (exact) mass is 318 g/mol. The number of likely N-dealkylation sites (N-methyl/N-ethyl adjacent to an activating group) is 1. The number of likely N-dealkylation sites (tertiary alicyclic amines) is 2. The topological polar surface area (TPSA) is 31.7 Å². The molecule has 2 saturated heterocycles. The Labute approximate surface area is 139 Å². The number of nitrogens with zero attached hydrogens (tertiary/aromatic N) is 4. The van der Waals surface area contributed by atoms with Crippen LogP contribution in [0, 0.1) is 5.41 Å². The molecule has 1 unspecified atom stereocenters. The van der Waals surface area contributed by atoms with Crippen molar-refractivity contribution in [2.75, 3.05) is 46.8 Å². The SMILES string of the molecule is CN(C)CCN1CCC2(CCCN(Cc3cccn3C)C2)C1=O. The smallest absolute Gasteiger partial charge is 0.230 e. The molecule has 2 aliphatic rings. The van der Waals surface area contributed by atoms with Gasteiger partial charge in [-0.2, -0.15) is 0 Å². The van der Waals surface area contributed by atoms with Gasteiger partial charge in [-0.05, 0) is 52.0 Å². The molecule has 0 radical (unpaired) electrons. The van der Waals surface area contributed by atoms with Gasteiger partial charge in [0.15, 0.2) is 0 Å². The second-order valence-corrected chi connectivity index (χ2v) is 7.55. The summed E-state index contributed by atoms with van der Waals surface area (Å²) in [6, 6.07) is 4.28. The number of carbonyl (C=O) groups is 1. The quantitative estimate of drug-likeness (QED) is 0.822. The Morgan fingerprint density at radius 2 is 2.09 bits per heavy atom.